The number of anilines is 2. The molecule has 2 heterocycles. The Hall–Kier alpha value is -1.68. The van der Waals surface area contributed by atoms with Crippen molar-refractivity contribution < 1.29 is 22.0 Å². The molecule has 9 nitrogen and oxygen atoms in total. The zero-order chi connectivity index (χ0) is 14.8. The molecule has 0 aromatic carbocycles. The number of unbranched alkanes of at least 4 members (excludes halogenated alkanes) is 1. The maximum Gasteiger partial charge on any atom is 0.474 e. The standard InChI is InChI=1S/C10H17N5O4S/c1-2-3-5-8-12-10(14-6-4-7-14)13-9(11)15(8)19-20(16,17)18/h11H,2-7H2,1H3,(H,16,17,18)/p+1. The van der Waals surface area contributed by atoms with Crippen LogP contribution in [0.15, 0.2) is 0 Å². The minimum atomic E-state index is -4.68. The third-order valence-corrected chi connectivity index (χ3v) is 3.29. The van der Waals surface area contributed by atoms with Gasteiger partial charge < -0.3 is 10.6 Å². The molecule has 0 amide bonds. The van der Waals surface area contributed by atoms with Crippen LogP contribution in [0, 0.1) is 0 Å². The number of aryl methyl sites for hydroxylation is 1. The minimum Gasteiger partial charge on any atom is -0.320 e. The summed E-state index contributed by atoms with van der Waals surface area (Å²) in [5.41, 5.74) is 5.70. The summed E-state index contributed by atoms with van der Waals surface area (Å²) in [5.74, 6) is 0.611. The van der Waals surface area contributed by atoms with Gasteiger partial charge in [-0.2, -0.15) is 8.42 Å². The molecule has 1 aliphatic rings. The van der Waals surface area contributed by atoms with Crippen molar-refractivity contribution in [2.24, 2.45) is 0 Å². The van der Waals surface area contributed by atoms with Crippen LogP contribution in [0.1, 0.15) is 32.0 Å². The van der Waals surface area contributed by atoms with Crippen molar-refractivity contribution in [2.45, 2.75) is 32.6 Å². The molecular weight excluding hydrogens is 286 g/mol. The molecule has 3 N–H and O–H groups in total. The fraction of sp³-hybridized carbons (Fsp3) is 0.700. The normalized spacial score (nSPS) is 15.0. The summed E-state index contributed by atoms with van der Waals surface area (Å²) in [5, 5.41) is 0. The predicted octanol–water partition coefficient (Wildman–Crippen LogP) is -0.870. The topological polar surface area (TPSA) is 123 Å². The summed E-state index contributed by atoms with van der Waals surface area (Å²) in [6.45, 7) is 3.68. The summed E-state index contributed by atoms with van der Waals surface area (Å²) in [6, 6.07) is 0. The number of nitrogen functional groups attached to an aromatic ring is 1. The first-order chi connectivity index (χ1) is 9.40. The number of nitrogens with zero attached hydrogens (tertiary/aromatic N) is 4. The summed E-state index contributed by atoms with van der Waals surface area (Å²) < 4.78 is 35.7. The van der Waals surface area contributed by atoms with Gasteiger partial charge in [0, 0.05) is 19.5 Å². The molecule has 1 aromatic rings. The van der Waals surface area contributed by atoms with E-state index in [-0.39, 0.29) is 5.95 Å². The second-order valence-electron chi connectivity index (χ2n) is 4.54. The zero-order valence-electron chi connectivity index (χ0n) is 11.2. The second kappa shape index (κ2) is 5.75. The first kappa shape index (κ1) is 14.7. The molecule has 0 bridgehead atoms. The summed E-state index contributed by atoms with van der Waals surface area (Å²) in [4.78, 5) is 10.2. The van der Waals surface area contributed by atoms with Crippen LogP contribution in [0.2, 0.25) is 0 Å². The van der Waals surface area contributed by atoms with Gasteiger partial charge in [-0.15, -0.1) is 0 Å². The Bertz CT molecular complexity index is 588. The van der Waals surface area contributed by atoms with Crippen LogP contribution in [-0.4, -0.2) is 36.0 Å². The summed E-state index contributed by atoms with van der Waals surface area (Å²) >= 11 is 0. The number of hydrogen-bond donors (Lipinski definition) is 2. The van der Waals surface area contributed by atoms with E-state index in [1.807, 2.05) is 11.8 Å². The lowest BCUT2D eigenvalue weighted by molar-refractivity contribution is -0.854. The monoisotopic (exact) mass is 304 g/mol. The van der Waals surface area contributed by atoms with Crippen molar-refractivity contribution in [1.29, 1.82) is 0 Å². The molecule has 0 spiro atoms. The zero-order valence-corrected chi connectivity index (χ0v) is 12.0. The molecular formula is C10H18N5O4S+. The lowest BCUT2D eigenvalue weighted by Gasteiger charge is -2.28. The molecule has 0 saturated carbocycles. The number of hydrogen-bond acceptors (Lipinski definition) is 7. The molecule has 0 unspecified atom stereocenters. The smallest absolute Gasteiger partial charge is 0.320 e. The Morgan fingerprint density at radius 2 is 2.15 bits per heavy atom. The highest BCUT2D eigenvalue weighted by Gasteiger charge is 2.28. The van der Waals surface area contributed by atoms with Crippen molar-refractivity contribution in [2.75, 3.05) is 23.7 Å². The van der Waals surface area contributed by atoms with E-state index in [1.54, 1.807) is 0 Å². The molecule has 0 aliphatic carbocycles. The van der Waals surface area contributed by atoms with E-state index in [4.69, 9.17) is 10.3 Å². The third-order valence-electron chi connectivity index (χ3n) is 2.95. The lowest BCUT2D eigenvalue weighted by atomic mass is 10.2. The summed E-state index contributed by atoms with van der Waals surface area (Å²) in [6.07, 6.45) is 3.21. The van der Waals surface area contributed by atoms with Gasteiger partial charge in [-0.1, -0.05) is 23.3 Å². The van der Waals surface area contributed by atoms with Crippen LogP contribution in [0.4, 0.5) is 11.9 Å². The van der Waals surface area contributed by atoms with Gasteiger partial charge in [-0.05, 0) is 17.6 Å². The second-order valence-corrected chi connectivity index (χ2v) is 5.54. The fourth-order valence-electron chi connectivity index (χ4n) is 1.79. The number of aromatic nitrogens is 3. The molecule has 20 heavy (non-hydrogen) atoms. The van der Waals surface area contributed by atoms with E-state index in [1.165, 1.54) is 0 Å². The Balaban J connectivity index is 2.36. The lowest BCUT2D eigenvalue weighted by Crippen LogP contribution is -2.53. The predicted molar refractivity (Wildman–Crippen MR) is 70.2 cm³/mol. The van der Waals surface area contributed by atoms with Gasteiger partial charge in [-0.25, -0.2) is 4.28 Å². The van der Waals surface area contributed by atoms with Crippen molar-refractivity contribution in [3.63, 3.8) is 0 Å². The molecule has 1 fully saturated rings. The highest BCUT2D eigenvalue weighted by Crippen LogP contribution is 2.16. The Morgan fingerprint density at radius 1 is 1.45 bits per heavy atom. The maximum absolute atomic E-state index is 10.9. The number of rotatable bonds is 6. The quantitative estimate of drug-likeness (QED) is 0.513. The van der Waals surface area contributed by atoms with Crippen LogP contribution < -0.4 is 19.6 Å². The fourth-order valence-corrected chi connectivity index (χ4v) is 2.14. The molecule has 1 saturated heterocycles. The number of nitrogens with two attached hydrogens (primary N) is 1. The molecule has 1 aromatic heterocycles. The molecule has 1 aliphatic heterocycles. The van der Waals surface area contributed by atoms with Gasteiger partial charge in [0.1, 0.15) is 0 Å². The highest BCUT2D eigenvalue weighted by atomic mass is 32.3. The van der Waals surface area contributed by atoms with Gasteiger partial charge in [0.2, 0.25) is 0 Å². The van der Waals surface area contributed by atoms with Crippen LogP contribution >= 0.6 is 0 Å². The average molecular weight is 304 g/mol. The Morgan fingerprint density at radius 3 is 2.65 bits per heavy atom. The van der Waals surface area contributed by atoms with E-state index >= 15 is 0 Å². The van der Waals surface area contributed by atoms with E-state index in [2.05, 4.69) is 14.3 Å². The van der Waals surface area contributed by atoms with Gasteiger partial charge in [0.25, 0.3) is 5.82 Å². The summed E-state index contributed by atoms with van der Waals surface area (Å²) in [7, 11) is -4.68. The highest BCUT2D eigenvalue weighted by molar-refractivity contribution is 7.80. The minimum absolute atomic E-state index is 0.161. The molecule has 0 radical (unpaired) electrons. The van der Waals surface area contributed by atoms with Crippen LogP contribution in [0.5, 0.6) is 0 Å². The third kappa shape index (κ3) is 3.45. The van der Waals surface area contributed by atoms with Crippen molar-refractivity contribution in [1.82, 2.24) is 9.97 Å². The van der Waals surface area contributed by atoms with Crippen LogP contribution in [0.3, 0.4) is 0 Å². The van der Waals surface area contributed by atoms with Crippen LogP contribution in [0.25, 0.3) is 0 Å². The van der Waals surface area contributed by atoms with Crippen molar-refractivity contribution >= 4 is 22.3 Å². The van der Waals surface area contributed by atoms with Gasteiger partial charge in [-0.3, -0.25) is 4.55 Å². The first-order valence-corrected chi connectivity index (χ1v) is 7.78. The van der Waals surface area contributed by atoms with Gasteiger partial charge in [0.15, 0.2) is 0 Å². The largest absolute Gasteiger partial charge is 0.474 e. The van der Waals surface area contributed by atoms with Crippen molar-refractivity contribution in [3.05, 3.63) is 5.82 Å². The van der Waals surface area contributed by atoms with Gasteiger partial charge >= 0.3 is 22.3 Å². The average Bonchev–Trinajstić information content (AvgIpc) is 2.26. The maximum atomic E-state index is 10.9. The molecule has 10 heteroatoms. The van der Waals surface area contributed by atoms with E-state index in [0.29, 0.717) is 18.2 Å². The molecule has 112 valence electrons. The SMILES string of the molecule is CCCCc1nc(N2CCC2)nc(N)[n+]1OS(=O)(=O)O. The van der Waals surface area contributed by atoms with Crippen LogP contribution in [-0.2, 0) is 16.8 Å². The van der Waals surface area contributed by atoms with E-state index in [0.717, 1.165) is 37.1 Å². The first-order valence-electron chi connectivity index (χ1n) is 6.41. The molecule has 2 rings (SSSR count). The van der Waals surface area contributed by atoms with E-state index < -0.39 is 10.4 Å². The van der Waals surface area contributed by atoms with Gasteiger partial charge in [0.05, 0.1) is 0 Å². The molecule has 0 atom stereocenters. The Labute approximate surface area is 117 Å². The Kier molecular flexibility index (Phi) is 4.23. The van der Waals surface area contributed by atoms with Crippen molar-refractivity contribution in [3.8, 4) is 0 Å². The van der Waals surface area contributed by atoms with E-state index in [9.17, 15) is 8.42 Å².